The molecule has 2 aromatic carbocycles. The number of carbonyl (C=O) groups is 1. The Morgan fingerprint density at radius 1 is 1.23 bits per heavy atom. The fourth-order valence-electron chi connectivity index (χ4n) is 4.11. The first-order chi connectivity index (χ1) is 15.2. The van der Waals surface area contributed by atoms with Crippen LogP contribution >= 0.6 is 0 Å². The molecule has 31 heavy (non-hydrogen) atoms. The SMILES string of the molecule is C=CCOc1cccc(C2c3c(-c4ccccc4O)n[nH]c3C(=O)N2CCCCC)c1. The molecule has 1 atom stereocenters. The number of fused-ring (bicyclic) bond motifs is 1. The molecule has 0 spiro atoms. The number of aromatic nitrogens is 2. The molecule has 160 valence electrons. The summed E-state index contributed by atoms with van der Waals surface area (Å²) in [5.41, 5.74) is 3.43. The predicted octanol–water partition coefficient (Wildman–Crippen LogP) is 5.08. The molecule has 0 aliphatic carbocycles. The molecule has 1 unspecified atom stereocenters. The highest BCUT2D eigenvalue weighted by Crippen LogP contribution is 2.44. The average molecular weight is 418 g/mol. The smallest absolute Gasteiger partial charge is 0.273 e. The van der Waals surface area contributed by atoms with Crippen LogP contribution in [-0.2, 0) is 0 Å². The number of carbonyl (C=O) groups excluding carboxylic acids is 1. The first-order valence-electron chi connectivity index (χ1n) is 10.7. The quantitative estimate of drug-likeness (QED) is 0.376. The lowest BCUT2D eigenvalue weighted by Gasteiger charge is -2.26. The normalized spacial score (nSPS) is 15.2. The molecule has 0 radical (unpaired) electrons. The van der Waals surface area contributed by atoms with Gasteiger partial charge in [0.1, 0.15) is 29.5 Å². The van der Waals surface area contributed by atoms with Gasteiger partial charge in [0.2, 0.25) is 0 Å². The molecule has 2 N–H and O–H groups in total. The Balaban J connectivity index is 1.81. The molecule has 6 nitrogen and oxygen atoms in total. The van der Waals surface area contributed by atoms with Crippen molar-refractivity contribution < 1.29 is 14.6 Å². The van der Waals surface area contributed by atoms with Crippen molar-refractivity contribution in [3.8, 4) is 22.8 Å². The van der Waals surface area contributed by atoms with Crippen LogP contribution in [0.4, 0.5) is 0 Å². The minimum Gasteiger partial charge on any atom is -0.507 e. The molecule has 6 heteroatoms. The maximum atomic E-state index is 13.3. The Labute approximate surface area is 182 Å². The zero-order chi connectivity index (χ0) is 21.8. The topological polar surface area (TPSA) is 78.5 Å². The van der Waals surface area contributed by atoms with Gasteiger partial charge in [0, 0.05) is 17.7 Å². The van der Waals surface area contributed by atoms with E-state index in [0.717, 1.165) is 36.1 Å². The van der Waals surface area contributed by atoms with Gasteiger partial charge in [0.05, 0.1) is 6.04 Å². The lowest BCUT2D eigenvalue weighted by Crippen LogP contribution is -2.30. The third-order valence-electron chi connectivity index (χ3n) is 5.57. The number of rotatable bonds is 9. The molecule has 0 saturated carbocycles. The van der Waals surface area contributed by atoms with E-state index >= 15 is 0 Å². The number of para-hydroxylation sites is 1. The number of H-pyrrole nitrogens is 1. The van der Waals surface area contributed by atoms with Crippen LogP contribution in [0.5, 0.6) is 11.5 Å². The molecule has 3 aromatic rings. The van der Waals surface area contributed by atoms with E-state index in [1.54, 1.807) is 18.2 Å². The van der Waals surface area contributed by atoms with E-state index in [2.05, 4.69) is 23.7 Å². The van der Waals surface area contributed by atoms with E-state index in [-0.39, 0.29) is 17.7 Å². The average Bonchev–Trinajstić information content (AvgIpc) is 3.32. The Bertz CT molecular complexity index is 1090. The highest BCUT2D eigenvalue weighted by atomic mass is 16.5. The van der Waals surface area contributed by atoms with Crippen LogP contribution in [0.15, 0.2) is 61.2 Å². The van der Waals surface area contributed by atoms with Crippen molar-refractivity contribution in [2.75, 3.05) is 13.2 Å². The van der Waals surface area contributed by atoms with Crippen molar-refractivity contribution in [2.45, 2.75) is 32.2 Å². The summed E-state index contributed by atoms with van der Waals surface area (Å²) in [5, 5.41) is 17.8. The second-order valence-electron chi connectivity index (χ2n) is 7.66. The number of phenols is 1. The molecular formula is C25H27N3O3. The molecule has 1 aliphatic rings. The van der Waals surface area contributed by atoms with Crippen molar-refractivity contribution in [1.82, 2.24) is 15.1 Å². The number of aromatic amines is 1. The fraction of sp³-hybridized carbons (Fsp3) is 0.280. The van der Waals surface area contributed by atoms with Crippen molar-refractivity contribution in [1.29, 1.82) is 0 Å². The lowest BCUT2D eigenvalue weighted by molar-refractivity contribution is 0.0740. The molecule has 1 amide bonds. The Hall–Kier alpha value is -3.54. The minimum atomic E-state index is -0.306. The van der Waals surface area contributed by atoms with Gasteiger partial charge in [0.25, 0.3) is 5.91 Å². The van der Waals surface area contributed by atoms with Gasteiger partial charge in [-0.1, -0.05) is 56.7 Å². The summed E-state index contributed by atoms with van der Waals surface area (Å²) >= 11 is 0. The first kappa shape index (κ1) is 20.7. The molecule has 0 bridgehead atoms. The zero-order valence-corrected chi connectivity index (χ0v) is 17.7. The van der Waals surface area contributed by atoms with Gasteiger partial charge < -0.3 is 14.7 Å². The van der Waals surface area contributed by atoms with Crippen molar-refractivity contribution >= 4 is 5.91 Å². The maximum Gasteiger partial charge on any atom is 0.273 e. The Morgan fingerprint density at radius 3 is 2.84 bits per heavy atom. The van der Waals surface area contributed by atoms with Gasteiger partial charge in [-0.15, -0.1) is 0 Å². The molecule has 1 aliphatic heterocycles. The van der Waals surface area contributed by atoms with E-state index < -0.39 is 0 Å². The van der Waals surface area contributed by atoms with Gasteiger partial charge in [-0.25, -0.2) is 0 Å². The number of nitrogens with zero attached hydrogens (tertiary/aromatic N) is 2. The maximum absolute atomic E-state index is 13.3. The van der Waals surface area contributed by atoms with Gasteiger partial charge in [0.15, 0.2) is 0 Å². The number of unbranched alkanes of at least 4 members (excludes halogenated alkanes) is 2. The van der Waals surface area contributed by atoms with Gasteiger partial charge >= 0.3 is 0 Å². The molecule has 0 fully saturated rings. The van der Waals surface area contributed by atoms with E-state index in [4.69, 9.17) is 4.74 Å². The first-order valence-corrected chi connectivity index (χ1v) is 10.7. The summed E-state index contributed by atoms with van der Waals surface area (Å²) in [5.74, 6) is 0.789. The van der Waals surface area contributed by atoms with Gasteiger partial charge in [-0.2, -0.15) is 5.10 Å². The number of aromatic hydroxyl groups is 1. The standard InChI is InChI=1S/C25H27N3O3/c1-3-5-8-14-28-24(17-10-9-11-18(16-17)31-15-4-2)21-22(26-27-23(21)25(28)30)19-12-6-7-13-20(19)29/h4,6-7,9-13,16,24,29H,2-3,5,8,14-15H2,1H3,(H,26,27). The molecule has 1 aromatic heterocycles. The number of ether oxygens (including phenoxy) is 1. The van der Waals surface area contributed by atoms with E-state index in [9.17, 15) is 9.90 Å². The summed E-state index contributed by atoms with van der Waals surface area (Å²) in [6.45, 7) is 6.91. The van der Waals surface area contributed by atoms with Crippen LogP contribution in [0.2, 0.25) is 0 Å². The Morgan fingerprint density at radius 2 is 2.06 bits per heavy atom. The second-order valence-corrected chi connectivity index (χ2v) is 7.66. The fourth-order valence-corrected chi connectivity index (χ4v) is 4.11. The van der Waals surface area contributed by atoms with Crippen LogP contribution in [0.25, 0.3) is 11.3 Å². The predicted molar refractivity (Wildman–Crippen MR) is 120 cm³/mol. The van der Waals surface area contributed by atoms with Crippen LogP contribution in [-0.4, -0.2) is 39.3 Å². The third-order valence-corrected chi connectivity index (χ3v) is 5.57. The van der Waals surface area contributed by atoms with Crippen LogP contribution in [0.1, 0.15) is 53.8 Å². The monoisotopic (exact) mass is 417 g/mol. The van der Waals surface area contributed by atoms with Gasteiger partial charge in [-0.3, -0.25) is 9.89 Å². The van der Waals surface area contributed by atoms with Crippen LogP contribution < -0.4 is 4.74 Å². The minimum absolute atomic E-state index is 0.0670. The zero-order valence-electron chi connectivity index (χ0n) is 17.7. The Kier molecular flexibility index (Phi) is 6.07. The highest BCUT2D eigenvalue weighted by Gasteiger charge is 2.42. The number of nitrogens with one attached hydrogen (secondary N) is 1. The number of hydrogen-bond donors (Lipinski definition) is 2. The summed E-state index contributed by atoms with van der Waals surface area (Å²) in [7, 11) is 0. The van der Waals surface area contributed by atoms with Crippen molar-refractivity contribution in [2.24, 2.45) is 0 Å². The van der Waals surface area contributed by atoms with Gasteiger partial charge in [-0.05, 0) is 36.2 Å². The third kappa shape index (κ3) is 3.93. The van der Waals surface area contributed by atoms with Crippen molar-refractivity contribution in [3.05, 3.63) is 78.0 Å². The molecule has 0 saturated heterocycles. The summed E-state index contributed by atoms with van der Waals surface area (Å²) < 4.78 is 5.73. The highest BCUT2D eigenvalue weighted by molar-refractivity contribution is 6.00. The van der Waals surface area contributed by atoms with Crippen molar-refractivity contribution in [3.63, 3.8) is 0 Å². The summed E-state index contributed by atoms with van der Waals surface area (Å²) in [6.07, 6.45) is 4.76. The van der Waals surface area contributed by atoms with E-state index in [1.807, 2.05) is 41.3 Å². The van der Waals surface area contributed by atoms with E-state index in [1.165, 1.54) is 0 Å². The summed E-state index contributed by atoms with van der Waals surface area (Å²) in [6, 6.07) is 14.6. The van der Waals surface area contributed by atoms with E-state index in [0.29, 0.717) is 30.1 Å². The molecular weight excluding hydrogens is 390 g/mol. The van der Waals surface area contributed by atoms with Crippen LogP contribution in [0.3, 0.4) is 0 Å². The molecule has 4 rings (SSSR count). The van der Waals surface area contributed by atoms with Crippen LogP contribution in [0, 0.1) is 0 Å². The largest absolute Gasteiger partial charge is 0.507 e. The molecule has 2 heterocycles. The lowest BCUT2D eigenvalue weighted by atomic mass is 9.95. The number of benzene rings is 2. The summed E-state index contributed by atoms with van der Waals surface area (Å²) in [4.78, 5) is 15.2. The number of hydrogen-bond acceptors (Lipinski definition) is 4. The second kappa shape index (κ2) is 9.08. The number of phenolic OH excluding ortho intramolecular Hbond substituents is 1. The number of amides is 1.